The van der Waals surface area contributed by atoms with Gasteiger partial charge in [-0.3, -0.25) is 4.79 Å². The molecule has 3 nitrogen and oxygen atoms in total. The van der Waals surface area contributed by atoms with Crippen molar-refractivity contribution in [2.75, 3.05) is 6.54 Å². The zero-order valence-corrected chi connectivity index (χ0v) is 16.2. The third-order valence-electron chi connectivity index (χ3n) is 6.65. The zero-order chi connectivity index (χ0) is 18.8. The minimum absolute atomic E-state index is 0.384. The molecule has 1 amide bonds. The maximum absolute atomic E-state index is 11.4. The van der Waals surface area contributed by atoms with E-state index < -0.39 is 0 Å². The number of carbonyl (C=O) groups is 1. The van der Waals surface area contributed by atoms with Crippen LogP contribution >= 0.6 is 0 Å². The normalized spacial score (nSPS) is 23.7. The van der Waals surface area contributed by atoms with Crippen LogP contribution in [-0.2, 0) is 6.54 Å². The molecule has 142 valence electrons. The van der Waals surface area contributed by atoms with Crippen LogP contribution in [0.5, 0.6) is 0 Å². The average Bonchev–Trinajstić information content (AvgIpc) is 3.28. The van der Waals surface area contributed by atoms with Crippen LogP contribution in [0, 0.1) is 24.7 Å². The number of hydrogen-bond acceptors (Lipinski definition) is 2. The molecule has 4 rings (SSSR count). The molecule has 3 N–H and O–H groups in total. The summed E-state index contributed by atoms with van der Waals surface area (Å²) in [5, 5.41) is 3.64. The number of rotatable bonds is 7. The van der Waals surface area contributed by atoms with Crippen molar-refractivity contribution in [3.63, 3.8) is 0 Å². The van der Waals surface area contributed by atoms with Gasteiger partial charge in [-0.05, 0) is 91.3 Å². The largest absolute Gasteiger partial charge is 0.366 e. The van der Waals surface area contributed by atoms with Crippen molar-refractivity contribution in [3.05, 3.63) is 59.2 Å². The highest BCUT2D eigenvalue weighted by Crippen LogP contribution is 2.49. The van der Waals surface area contributed by atoms with Gasteiger partial charge in [0.2, 0.25) is 5.91 Å². The van der Waals surface area contributed by atoms with E-state index in [4.69, 9.17) is 5.73 Å². The van der Waals surface area contributed by atoms with Crippen LogP contribution in [0.1, 0.15) is 53.6 Å². The van der Waals surface area contributed by atoms with Gasteiger partial charge in [-0.2, -0.15) is 0 Å². The Morgan fingerprint density at radius 3 is 2.74 bits per heavy atom. The van der Waals surface area contributed by atoms with E-state index in [0.717, 1.165) is 42.0 Å². The maximum atomic E-state index is 11.4. The lowest BCUT2D eigenvalue weighted by Gasteiger charge is -2.21. The minimum Gasteiger partial charge on any atom is -0.366 e. The summed E-state index contributed by atoms with van der Waals surface area (Å²) in [7, 11) is 0. The molecule has 0 spiro atoms. The molecule has 3 atom stereocenters. The molecule has 2 aliphatic rings. The summed E-state index contributed by atoms with van der Waals surface area (Å²) in [6, 6.07) is 14.1. The van der Waals surface area contributed by atoms with E-state index >= 15 is 0 Å². The molecule has 2 aliphatic carbocycles. The third kappa shape index (κ3) is 4.08. The number of nitrogens with one attached hydrogen (secondary N) is 1. The van der Waals surface area contributed by atoms with Gasteiger partial charge >= 0.3 is 0 Å². The molecular formula is C24H30N2O. The number of nitrogens with two attached hydrogens (primary N) is 1. The molecule has 2 saturated carbocycles. The van der Waals surface area contributed by atoms with Gasteiger partial charge in [0.15, 0.2) is 0 Å². The van der Waals surface area contributed by atoms with Crippen LogP contribution in [0.3, 0.4) is 0 Å². The topological polar surface area (TPSA) is 55.1 Å². The second kappa shape index (κ2) is 7.85. The summed E-state index contributed by atoms with van der Waals surface area (Å²) in [6.45, 7) is 4.17. The van der Waals surface area contributed by atoms with Crippen LogP contribution in [0.2, 0.25) is 0 Å². The summed E-state index contributed by atoms with van der Waals surface area (Å²) < 4.78 is 0. The van der Waals surface area contributed by atoms with Crippen LogP contribution in [-0.4, -0.2) is 12.5 Å². The van der Waals surface area contributed by atoms with Crippen molar-refractivity contribution >= 4 is 5.91 Å². The quantitative estimate of drug-likeness (QED) is 0.703. The van der Waals surface area contributed by atoms with E-state index in [0.29, 0.717) is 5.56 Å². The zero-order valence-electron chi connectivity index (χ0n) is 16.2. The second-order valence-electron chi connectivity index (χ2n) is 8.49. The molecule has 3 unspecified atom stereocenters. The lowest BCUT2D eigenvalue weighted by molar-refractivity contribution is 0.100. The van der Waals surface area contributed by atoms with Gasteiger partial charge in [0.05, 0.1) is 0 Å². The van der Waals surface area contributed by atoms with Gasteiger partial charge in [0.1, 0.15) is 0 Å². The standard InChI is InChI=1S/C24H30N2O/c1-16-11-18(15-26-10-9-20-13-17-5-7-19(20)12-17)6-8-23(16)21-3-2-4-22(14-21)24(25)27/h2-4,6,8,11,14,17,19-20,26H,5,7,9-10,12-13,15H2,1H3,(H2,25,27). The first-order chi connectivity index (χ1) is 13.1. The van der Waals surface area contributed by atoms with Gasteiger partial charge in [0, 0.05) is 12.1 Å². The average molecular weight is 363 g/mol. The predicted molar refractivity (Wildman–Crippen MR) is 110 cm³/mol. The number of aryl methyl sites for hydroxylation is 1. The first-order valence-corrected chi connectivity index (χ1v) is 10.3. The fourth-order valence-electron chi connectivity index (χ4n) is 5.25. The summed E-state index contributed by atoms with van der Waals surface area (Å²) in [5.74, 6) is 2.65. The number of fused-ring (bicyclic) bond motifs is 2. The van der Waals surface area contributed by atoms with E-state index in [1.165, 1.54) is 43.2 Å². The lowest BCUT2D eigenvalue weighted by atomic mass is 9.86. The van der Waals surface area contributed by atoms with Gasteiger partial charge in [-0.1, -0.05) is 36.8 Å². The van der Waals surface area contributed by atoms with E-state index in [1.54, 1.807) is 6.07 Å². The van der Waals surface area contributed by atoms with Crippen molar-refractivity contribution < 1.29 is 4.79 Å². The first kappa shape index (κ1) is 18.2. The van der Waals surface area contributed by atoms with Crippen molar-refractivity contribution in [2.45, 2.75) is 45.6 Å². The molecule has 27 heavy (non-hydrogen) atoms. The van der Waals surface area contributed by atoms with Crippen LogP contribution in [0.4, 0.5) is 0 Å². The minimum atomic E-state index is -0.384. The van der Waals surface area contributed by atoms with Crippen molar-refractivity contribution in [1.29, 1.82) is 0 Å². The fraction of sp³-hybridized carbons (Fsp3) is 0.458. The molecule has 0 radical (unpaired) electrons. The van der Waals surface area contributed by atoms with Crippen LogP contribution in [0.25, 0.3) is 11.1 Å². The summed E-state index contributed by atoms with van der Waals surface area (Å²) in [6.07, 6.45) is 7.28. The van der Waals surface area contributed by atoms with E-state index in [1.807, 2.05) is 18.2 Å². The Bertz CT molecular complexity index is 829. The molecule has 2 fully saturated rings. The van der Waals surface area contributed by atoms with E-state index in [9.17, 15) is 4.79 Å². The van der Waals surface area contributed by atoms with Crippen molar-refractivity contribution in [2.24, 2.45) is 23.5 Å². The van der Waals surface area contributed by atoms with Gasteiger partial charge in [-0.15, -0.1) is 0 Å². The predicted octanol–water partition coefficient (Wildman–Crippen LogP) is 4.68. The number of benzene rings is 2. The lowest BCUT2D eigenvalue weighted by Crippen LogP contribution is -2.20. The molecule has 2 aromatic rings. The second-order valence-corrected chi connectivity index (χ2v) is 8.49. The highest BCUT2D eigenvalue weighted by atomic mass is 16.1. The first-order valence-electron chi connectivity index (χ1n) is 10.3. The van der Waals surface area contributed by atoms with Gasteiger partial charge < -0.3 is 11.1 Å². The summed E-state index contributed by atoms with van der Waals surface area (Å²) in [5.41, 5.74) is 10.7. The molecular weight excluding hydrogens is 332 g/mol. The Morgan fingerprint density at radius 1 is 1.15 bits per heavy atom. The smallest absolute Gasteiger partial charge is 0.248 e. The Morgan fingerprint density at radius 2 is 2.04 bits per heavy atom. The van der Waals surface area contributed by atoms with Crippen LogP contribution in [0.15, 0.2) is 42.5 Å². The maximum Gasteiger partial charge on any atom is 0.248 e. The molecule has 0 heterocycles. The molecule has 0 aliphatic heterocycles. The summed E-state index contributed by atoms with van der Waals surface area (Å²) in [4.78, 5) is 11.4. The number of hydrogen-bond donors (Lipinski definition) is 2. The molecule has 2 bridgehead atoms. The Balaban J connectivity index is 1.33. The number of carbonyl (C=O) groups excluding carboxylic acids is 1. The van der Waals surface area contributed by atoms with Crippen LogP contribution < -0.4 is 11.1 Å². The van der Waals surface area contributed by atoms with Crippen molar-refractivity contribution in [1.82, 2.24) is 5.32 Å². The fourth-order valence-corrected chi connectivity index (χ4v) is 5.25. The summed E-state index contributed by atoms with van der Waals surface area (Å²) >= 11 is 0. The molecule has 0 aromatic heterocycles. The molecule has 3 heteroatoms. The highest BCUT2D eigenvalue weighted by molar-refractivity contribution is 5.94. The molecule has 2 aromatic carbocycles. The third-order valence-corrected chi connectivity index (χ3v) is 6.65. The van der Waals surface area contributed by atoms with Gasteiger partial charge in [0.25, 0.3) is 0 Å². The SMILES string of the molecule is Cc1cc(CNCCC2CC3CCC2C3)ccc1-c1cccc(C(N)=O)c1. The highest BCUT2D eigenvalue weighted by Gasteiger charge is 2.38. The van der Waals surface area contributed by atoms with E-state index in [2.05, 4.69) is 30.4 Å². The Hall–Kier alpha value is -2.13. The molecule has 0 saturated heterocycles. The number of primary amides is 1. The van der Waals surface area contributed by atoms with Gasteiger partial charge in [-0.25, -0.2) is 0 Å². The Labute approximate surface area is 162 Å². The monoisotopic (exact) mass is 362 g/mol. The Kier molecular flexibility index (Phi) is 5.31. The number of amides is 1. The van der Waals surface area contributed by atoms with Crippen molar-refractivity contribution in [3.8, 4) is 11.1 Å². The van der Waals surface area contributed by atoms with E-state index in [-0.39, 0.29) is 5.91 Å².